The molecule has 1 aromatic carbocycles. The van der Waals surface area contributed by atoms with E-state index < -0.39 is 15.8 Å². The quantitative estimate of drug-likeness (QED) is 0.737. The lowest BCUT2D eigenvalue weighted by Gasteiger charge is -2.10. The van der Waals surface area contributed by atoms with Gasteiger partial charge in [0.25, 0.3) is 10.0 Å². The molecule has 3 rings (SSSR count). The molecule has 0 spiro atoms. The van der Waals surface area contributed by atoms with Crippen molar-refractivity contribution >= 4 is 22.4 Å². The van der Waals surface area contributed by atoms with Crippen LogP contribution in [0.1, 0.15) is 5.56 Å². The molecule has 0 aliphatic rings. The van der Waals surface area contributed by atoms with Gasteiger partial charge in [0.1, 0.15) is 10.7 Å². The number of rotatable bonds is 5. The highest BCUT2D eigenvalue weighted by Crippen LogP contribution is 2.27. The minimum atomic E-state index is -3.82. The first kappa shape index (κ1) is 19.1. The molecule has 0 aliphatic heterocycles. The van der Waals surface area contributed by atoms with Gasteiger partial charge in [-0.2, -0.15) is 0 Å². The number of nitrogens with one attached hydrogen (secondary N) is 1. The zero-order valence-corrected chi connectivity index (χ0v) is 15.0. The van der Waals surface area contributed by atoms with E-state index >= 15 is 0 Å². The molecule has 0 saturated carbocycles. The molecule has 0 fully saturated rings. The van der Waals surface area contributed by atoms with Crippen LogP contribution in [-0.4, -0.2) is 24.4 Å². The van der Waals surface area contributed by atoms with Crippen molar-refractivity contribution in [2.75, 3.05) is 7.05 Å². The van der Waals surface area contributed by atoms with Gasteiger partial charge in [-0.3, -0.25) is 4.98 Å². The normalized spacial score (nSPS) is 11.1. The van der Waals surface area contributed by atoms with E-state index in [9.17, 15) is 12.8 Å². The lowest BCUT2D eigenvalue weighted by atomic mass is 10.1. The van der Waals surface area contributed by atoms with Crippen molar-refractivity contribution in [1.82, 2.24) is 14.3 Å². The molecule has 5 nitrogen and oxygen atoms in total. The fourth-order valence-electron chi connectivity index (χ4n) is 2.47. The first-order valence-electron chi connectivity index (χ1n) is 7.30. The number of nitrogens with zero attached hydrogens (tertiary/aromatic N) is 2. The molecular formula is C17H17ClFN3O2S. The Labute approximate surface area is 152 Å². The maximum absolute atomic E-state index is 13.6. The van der Waals surface area contributed by atoms with E-state index in [0.717, 1.165) is 5.56 Å². The van der Waals surface area contributed by atoms with Gasteiger partial charge in [-0.05, 0) is 42.9 Å². The summed E-state index contributed by atoms with van der Waals surface area (Å²) in [6.07, 6.45) is 4.34. The Bertz CT molecular complexity index is 959. The van der Waals surface area contributed by atoms with E-state index in [2.05, 4.69) is 10.3 Å². The summed E-state index contributed by atoms with van der Waals surface area (Å²) in [5, 5.41) is 2.98. The Balaban J connectivity index is 0.00000225. The zero-order chi connectivity index (χ0) is 17.2. The summed E-state index contributed by atoms with van der Waals surface area (Å²) >= 11 is 0. The van der Waals surface area contributed by atoms with Crippen molar-refractivity contribution in [2.24, 2.45) is 0 Å². The second-order valence-electron chi connectivity index (χ2n) is 5.26. The van der Waals surface area contributed by atoms with Gasteiger partial charge in [0.15, 0.2) is 0 Å². The largest absolute Gasteiger partial charge is 0.316 e. The van der Waals surface area contributed by atoms with E-state index in [1.54, 1.807) is 37.5 Å². The first-order valence-corrected chi connectivity index (χ1v) is 8.74. The van der Waals surface area contributed by atoms with E-state index in [-0.39, 0.29) is 17.3 Å². The molecule has 3 aromatic rings. The van der Waals surface area contributed by atoms with Crippen LogP contribution >= 0.6 is 12.4 Å². The lowest BCUT2D eigenvalue weighted by Crippen LogP contribution is -2.13. The smallest absolute Gasteiger partial charge is 0.269 e. The van der Waals surface area contributed by atoms with Crippen molar-refractivity contribution in [3.05, 3.63) is 72.4 Å². The summed E-state index contributed by atoms with van der Waals surface area (Å²) in [7, 11) is -2.05. The summed E-state index contributed by atoms with van der Waals surface area (Å²) in [6, 6.07) is 10.6. The Kier molecular flexibility index (Phi) is 5.94. The monoisotopic (exact) mass is 381 g/mol. The van der Waals surface area contributed by atoms with E-state index in [1.165, 1.54) is 34.6 Å². The molecule has 132 valence electrons. The van der Waals surface area contributed by atoms with Crippen LogP contribution in [0.5, 0.6) is 0 Å². The van der Waals surface area contributed by atoms with Gasteiger partial charge in [-0.1, -0.05) is 12.1 Å². The molecule has 25 heavy (non-hydrogen) atoms. The molecule has 0 bridgehead atoms. The van der Waals surface area contributed by atoms with Gasteiger partial charge >= 0.3 is 0 Å². The van der Waals surface area contributed by atoms with Gasteiger partial charge in [-0.15, -0.1) is 12.4 Å². The highest BCUT2D eigenvalue weighted by Gasteiger charge is 2.22. The van der Waals surface area contributed by atoms with Crippen LogP contribution < -0.4 is 5.32 Å². The molecule has 0 aliphatic carbocycles. The average Bonchev–Trinajstić information content (AvgIpc) is 3.01. The molecule has 0 radical (unpaired) electrons. The average molecular weight is 382 g/mol. The third-order valence-corrected chi connectivity index (χ3v) is 5.19. The summed E-state index contributed by atoms with van der Waals surface area (Å²) < 4.78 is 40.6. The van der Waals surface area contributed by atoms with Gasteiger partial charge in [0, 0.05) is 30.7 Å². The highest BCUT2D eigenvalue weighted by molar-refractivity contribution is 7.90. The third-order valence-electron chi connectivity index (χ3n) is 3.54. The first-order chi connectivity index (χ1) is 11.5. The van der Waals surface area contributed by atoms with Crippen LogP contribution in [0, 0.1) is 5.82 Å². The minimum absolute atomic E-state index is 0. The second-order valence-corrected chi connectivity index (χ2v) is 7.08. The Morgan fingerprint density at radius 1 is 1.20 bits per heavy atom. The highest BCUT2D eigenvalue weighted by atomic mass is 35.5. The summed E-state index contributed by atoms with van der Waals surface area (Å²) in [4.78, 5) is 3.95. The SMILES string of the molecule is CNCc1cc(-c2cccc(F)c2)n(S(=O)(=O)c2cccnc2)c1.Cl. The Hall–Kier alpha value is -2.22. The van der Waals surface area contributed by atoms with Crippen molar-refractivity contribution in [2.45, 2.75) is 11.4 Å². The van der Waals surface area contributed by atoms with Crippen LogP contribution in [0.15, 0.2) is 66.0 Å². The standard InChI is InChI=1S/C17H16FN3O2S.ClH/c1-19-10-13-8-17(14-4-2-5-15(18)9-14)21(12-13)24(22,23)16-6-3-7-20-11-16;/h2-9,11-12,19H,10H2,1H3;1H. The Morgan fingerprint density at radius 2 is 2.00 bits per heavy atom. The minimum Gasteiger partial charge on any atom is -0.316 e. The molecule has 8 heteroatoms. The molecular weight excluding hydrogens is 365 g/mol. The Morgan fingerprint density at radius 3 is 2.64 bits per heavy atom. The van der Waals surface area contributed by atoms with Crippen LogP contribution in [0.4, 0.5) is 4.39 Å². The fourth-order valence-corrected chi connectivity index (χ4v) is 3.83. The van der Waals surface area contributed by atoms with Crippen LogP contribution in [0.3, 0.4) is 0 Å². The predicted molar refractivity (Wildman–Crippen MR) is 96.7 cm³/mol. The predicted octanol–water partition coefficient (Wildman–Crippen LogP) is 3.07. The van der Waals surface area contributed by atoms with Gasteiger partial charge < -0.3 is 5.32 Å². The zero-order valence-electron chi connectivity index (χ0n) is 13.4. The summed E-state index contributed by atoms with van der Waals surface area (Å²) in [5.74, 6) is -0.422. The maximum atomic E-state index is 13.6. The number of benzene rings is 1. The van der Waals surface area contributed by atoms with Gasteiger partial charge in [-0.25, -0.2) is 16.8 Å². The summed E-state index contributed by atoms with van der Waals surface area (Å²) in [5.41, 5.74) is 1.68. The topological polar surface area (TPSA) is 64.0 Å². The van der Waals surface area contributed by atoms with E-state index in [4.69, 9.17) is 0 Å². The number of hydrogen-bond donors (Lipinski definition) is 1. The number of pyridine rings is 1. The second kappa shape index (κ2) is 7.77. The fraction of sp³-hybridized carbons (Fsp3) is 0.118. The molecule has 0 saturated heterocycles. The van der Waals surface area contributed by atoms with Gasteiger partial charge in [0.2, 0.25) is 0 Å². The van der Waals surface area contributed by atoms with E-state index in [1.807, 2.05) is 0 Å². The lowest BCUT2D eigenvalue weighted by molar-refractivity contribution is 0.587. The van der Waals surface area contributed by atoms with Crippen LogP contribution in [-0.2, 0) is 16.6 Å². The number of hydrogen-bond acceptors (Lipinski definition) is 4. The van der Waals surface area contributed by atoms with E-state index in [0.29, 0.717) is 17.8 Å². The number of aromatic nitrogens is 2. The number of halogens is 2. The molecule has 1 N–H and O–H groups in total. The molecule has 2 heterocycles. The molecule has 0 atom stereocenters. The van der Waals surface area contributed by atoms with Crippen molar-refractivity contribution in [1.29, 1.82) is 0 Å². The summed E-state index contributed by atoms with van der Waals surface area (Å²) in [6.45, 7) is 0.498. The van der Waals surface area contributed by atoms with Crippen molar-refractivity contribution in [3.63, 3.8) is 0 Å². The molecule has 2 aromatic heterocycles. The molecule has 0 unspecified atom stereocenters. The van der Waals surface area contributed by atoms with Crippen molar-refractivity contribution in [3.8, 4) is 11.3 Å². The van der Waals surface area contributed by atoms with Crippen LogP contribution in [0.25, 0.3) is 11.3 Å². The molecule has 0 amide bonds. The van der Waals surface area contributed by atoms with Crippen molar-refractivity contribution < 1.29 is 12.8 Å². The van der Waals surface area contributed by atoms with Gasteiger partial charge in [0.05, 0.1) is 5.69 Å². The maximum Gasteiger partial charge on any atom is 0.269 e. The third kappa shape index (κ3) is 3.89. The van der Waals surface area contributed by atoms with Crippen LogP contribution in [0.2, 0.25) is 0 Å².